The number of halogens is 2. The monoisotopic (exact) mass is 311 g/mol. The Morgan fingerprint density at radius 3 is 2.21 bits per heavy atom. The van der Waals surface area contributed by atoms with E-state index >= 15 is 0 Å². The van der Waals surface area contributed by atoms with E-state index in [1.54, 1.807) is 18.2 Å². The Morgan fingerprint density at radius 2 is 1.63 bits per heavy atom. The molecule has 0 aliphatic carbocycles. The molecule has 2 aromatic carbocycles. The molecule has 0 aliphatic heterocycles. The summed E-state index contributed by atoms with van der Waals surface area (Å²) in [4.78, 5) is -0.157. The van der Waals surface area contributed by atoms with Crippen molar-refractivity contribution in [2.75, 3.05) is 0 Å². The molecule has 2 aromatic rings. The van der Waals surface area contributed by atoms with Gasteiger partial charge in [0.1, 0.15) is 11.0 Å². The maximum Gasteiger partial charge on any atom is 0.209 e. The second-order valence-electron chi connectivity index (χ2n) is 3.67. The molecular weight excluding hydrogens is 305 g/mol. The predicted octanol–water partition coefficient (Wildman–Crippen LogP) is 3.70. The van der Waals surface area contributed by atoms with Crippen LogP contribution in [0.2, 0.25) is 10.0 Å². The third kappa shape index (κ3) is 2.45. The lowest BCUT2D eigenvalue weighted by molar-refractivity contribution is 0.596. The molecule has 0 unspecified atom stereocenters. The highest BCUT2D eigenvalue weighted by molar-refractivity contribution is 7.91. The summed E-state index contributed by atoms with van der Waals surface area (Å²) in [7, 11) is -3.85. The largest absolute Gasteiger partial charge is 0.218 e. The van der Waals surface area contributed by atoms with E-state index < -0.39 is 9.84 Å². The van der Waals surface area contributed by atoms with Gasteiger partial charge in [-0.05, 0) is 24.3 Å². The summed E-state index contributed by atoms with van der Waals surface area (Å²) in [5, 5.41) is 8.74. The van der Waals surface area contributed by atoms with E-state index in [4.69, 9.17) is 28.5 Å². The number of benzene rings is 2. The normalized spacial score (nSPS) is 11.0. The van der Waals surface area contributed by atoms with Crippen LogP contribution < -0.4 is 0 Å². The van der Waals surface area contributed by atoms with Crippen LogP contribution in [-0.4, -0.2) is 8.42 Å². The molecule has 3 nitrogen and oxygen atoms in total. The van der Waals surface area contributed by atoms with Gasteiger partial charge in [0.05, 0.1) is 20.5 Å². The van der Waals surface area contributed by atoms with Crippen LogP contribution in [0.5, 0.6) is 0 Å². The van der Waals surface area contributed by atoms with E-state index in [2.05, 4.69) is 0 Å². The van der Waals surface area contributed by atoms with Gasteiger partial charge in [-0.3, -0.25) is 0 Å². The van der Waals surface area contributed by atoms with Crippen LogP contribution in [0.3, 0.4) is 0 Å². The zero-order valence-corrected chi connectivity index (χ0v) is 11.8. The molecule has 0 aliphatic rings. The first-order valence-corrected chi connectivity index (χ1v) is 7.40. The summed E-state index contributed by atoms with van der Waals surface area (Å²) in [6.07, 6.45) is 0. The molecule has 0 amide bonds. The molecule has 0 N–H and O–H groups in total. The maximum atomic E-state index is 12.5. The predicted molar refractivity (Wildman–Crippen MR) is 73.1 cm³/mol. The Kier molecular flexibility index (Phi) is 3.81. The van der Waals surface area contributed by atoms with Crippen molar-refractivity contribution in [3.05, 3.63) is 58.1 Å². The Balaban J connectivity index is 2.77. The Hall–Kier alpha value is -1.54. The van der Waals surface area contributed by atoms with Crippen molar-refractivity contribution in [1.82, 2.24) is 0 Å². The van der Waals surface area contributed by atoms with Crippen LogP contribution >= 0.6 is 23.2 Å². The number of hydrogen-bond donors (Lipinski definition) is 0. The highest BCUT2D eigenvalue weighted by atomic mass is 35.5. The number of hydrogen-bond acceptors (Lipinski definition) is 3. The smallest absolute Gasteiger partial charge is 0.209 e. The Bertz CT molecular complexity index is 765. The van der Waals surface area contributed by atoms with Crippen molar-refractivity contribution in [2.45, 2.75) is 9.79 Å². The summed E-state index contributed by atoms with van der Waals surface area (Å²) in [6.45, 7) is 0. The Labute approximate surface area is 120 Å². The average molecular weight is 312 g/mol. The molecule has 0 fully saturated rings. The summed E-state index contributed by atoms with van der Waals surface area (Å²) in [5.41, 5.74) is 0.0700. The van der Waals surface area contributed by atoms with Crippen molar-refractivity contribution in [3.63, 3.8) is 0 Å². The SMILES string of the molecule is N#Cc1ccc(Cl)c(S(=O)(=O)c2ccccc2)c1Cl. The standard InChI is InChI=1S/C13H7Cl2NO2S/c14-11-7-6-9(8-16)12(15)13(11)19(17,18)10-4-2-1-3-5-10/h1-7H. The molecule has 0 saturated heterocycles. The molecule has 0 heterocycles. The van der Waals surface area contributed by atoms with Crippen LogP contribution in [0.1, 0.15) is 5.56 Å². The van der Waals surface area contributed by atoms with E-state index in [0.29, 0.717) is 0 Å². The first-order chi connectivity index (χ1) is 8.98. The number of nitriles is 1. The highest BCUT2D eigenvalue weighted by Crippen LogP contribution is 2.35. The quantitative estimate of drug-likeness (QED) is 0.849. The fraction of sp³-hybridized carbons (Fsp3) is 0. The number of rotatable bonds is 2. The lowest BCUT2D eigenvalue weighted by atomic mass is 10.2. The van der Waals surface area contributed by atoms with Crippen LogP contribution in [0.15, 0.2) is 52.3 Å². The second kappa shape index (κ2) is 5.22. The third-order valence-electron chi connectivity index (χ3n) is 2.49. The fourth-order valence-electron chi connectivity index (χ4n) is 1.58. The molecule has 0 aromatic heterocycles. The van der Waals surface area contributed by atoms with Crippen molar-refractivity contribution in [1.29, 1.82) is 5.26 Å². The molecular formula is C13H7Cl2NO2S. The van der Waals surface area contributed by atoms with E-state index in [9.17, 15) is 8.42 Å². The molecule has 96 valence electrons. The van der Waals surface area contributed by atoms with E-state index in [0.717, 1.165) is 0 Å². The van der Waals surface area contributed by atoms with E-state index in [-0.39, 0.29) is 25.4 Å². The molecule has 0 bridgehead atoms. The topological polar surface area (TPSA) is 57.9 Å². The van der Waals surface area contributed by atoms with Crippen molar-refractivity contribution >= 4 is 33.0 Å². The summed E-state index contributed by atoms with van der Waals surface area (Å²) in [6, 6.07) is 12.4. The van der Waals surface area contributed by atoms with E-state index in [1.807, 2.05) is 6.07 Å². The minimum atomic E-state index is -3.85. The van der Waals surface area contributed by atoms with Crippen molar-refractivity contribution < 1.29 is 8.42 Å². The maximum absolute atomic E-state index is 12.5. The first kappa shape index (κ1) is 13.9. The van der Waals surface area contributed by atoms with Gasteiger partial charge in [-0.1, -0.05) is 41.4 Å². The molecule has 6 heteroatoms. The van der Waals surface area contributed by atoms with Gasteiger partial charge in [0.15, 0.2) is 0 Å². The van der Waals surface area contributed by atoms with Gasteiger partial charge >= 0.3 is 0 Å². The molecule has 0 saturated carbocycles. The van der Waals surface area contributed by atoms with Gasteiger partial charge in [-0.2, -0.15) is 5.26 Å². The van der Waals surface area contributed by atoms with Gasteiger partial charge in [0.25, 0.3) is 0 Å². The minimum Gasteiger partial charge on any atom is -0.218 e. The van der Waals surface area contributed by atoms with Crippen LogP contribution in [-0.2, 0) is 9.84 Å². The number of sulfone groups is 1. The van der Waals surface area contributed by atoms with Crippen LogP contribution in [0.25, 0.3) is 0 Å². The number of nitrogens with zero attached hydrogens (tertiary/aromatic N) is 1. The van der Waals surface area contributed by atoms with E-state index in [1.165, 1.54) is 24.3 Å². The van der Waals surface area contributed by atoms with Crippen LogP contribution in [0.4, 0.5) is 0 Å². The highest BCUT2D eigenvalue weighted by Gasteiger charge is 2.25. The van der Waals surface area contributed by atoms with Gasteiger partial charge in [-0.15, -0.1) is 0 Å². The Morgan fingerprint density at radius 1 is 1.00 bits per heavy atom. The third-order valence-corrected chi connectivity index (χ3v) is 5.28. The molecule has 0 radical (unpaired) electrons. The summed E-state index contributed by atoms with van der Waals surface area (Å²) < 4.78 is 24.9. The fourth-order valence-corrected chi connectivity index (χ4v) is 4.03. The molecule has 2 rings (SSSR count). The van der Waals surface area contributed by atoms with Gasteiger partial charge in [0, 0.05) is 0 Å². The minimum absolute atomic E-state index is 0.00662. The van der Waals surface area contributed by atoms with Crippen LogP contribution in [0, 0.1) is 11.3 Å². The van der Waals surface area contributed by atoms with Crippen molar-refractivity contribution in [3.8, 4) is 6.07 Å². The summed E-state index contributed by atoms with van der Waals surface area (Å²) >= 11 is 11.9. The first-order valence-electron chi connectivity index (χ1n) is 5.16. The zero-order chi connectivity index (χ0) is 14.0. The molecule has 19 heavy (non-hydrogen) atoms. The average Bonchev–Trinajstić information content (AvgIpc) is 2.40. The van der Waals surface area contributed by atoms with Gasteiger partial charge < -0.3 is 0 Å². The second-order valence-corrected chi connectivity index (χ2v) is 6.34. The molecule has 0 spiro atoms. The summed E-state index contributed by atoms with van der Waals surface area (Å²) in [5.74, 6) is 0. The molecule has 0 atom stereocenters. The van der Waals surface area contributed by atoms with Gasteiger partial charge in [0.2, 0.25) is 9.84 Å². The lowest BCUT2D eigenvalue weighted by Crippen LogP contribution is -2.04. The van der Waals surface area contributed by atoms with Crippen molar-refractivity contribution in [2.24, 2.45) is 0 Å². The zero-order valence-electron chi connectivity index (χ0n) is 9.47. The van der Waals surface area contributed by atoms with Gasteiger partial charge in [-0.25, -0.2) is 8.42 Å². The lowest BCUT2D eigenvalue weighted by Gasteiger charge is -2.09.